The molecule has 0 atom stereocenters. The zero-order valence-electron chi connectivity index (χ0n) is 6.67. The zero-order valence-corrected chi connectivity index (χ0v) is 7.43. The van der Waals surface area contributed by atoms with Crippen molar-refractivity contribution in [2.75, 3.05) is 0 Å². The number of rotatable bonds is 1. The third-order valence-corrected chi connectivity index (χ3v) is 2.15. The summed E-state index contributed by atoms with van der Waals surface area (Å²) >= 11 is 5.96. The van der Waals surface area contributed by atoms with E-state index in [9.17, 15) is 0 Å². The fourth-order valence-corrected chi connectivity index (χ4v) is 1.46. The van der Waals surface area contributed by atoms with Crippen LogP contribution in [0.1, 0.15) is 12.5 Å². The van der Waals surface area contributed by atoms with Gasteiger partial charge in [0.25, 0.3) is 0 Å². The molecular formula is C9H8ClNO. The average Bonchev–Trinajstić information content (AvgIpc) is 2.52. The Morgan fingerprint density at radius 1 is 1.50 bits per heavy atom. The monoisotopic (exact) mass is 181 g/mol. The van der Waals surface area contributed by atoms with Crippen molar-refractivity contribution < 1.29 is 4.42 Å². The summed E-state index contributed by atoms with van der Waals surface area (Å²) in [6.45, 7) is 2.08. The van der Waals surface area contributed by atoms with Crippen molar-refractivity contribution in [1.29, 1.82) is 0 Å². The quantitative estimate of drug-likeness (QED) is 0.676. The number of oxazole rings is 1. The van der Waals surface area contributed by atoms with E-state index in [1.807, 2.05) is 12.1 Å². The lowest BCUT2D eigenvalue weighted by molar-refractivity contribution is 0.602. The largest absolute Gasteiger partial charge is 0.443 e. The predicted octanol–water partition coefficient (Wildman–Crippen LogP) is 3.04. The molecule has 0 saturated carbocycles. The Morgan fingerprint density at radius 2 is 2.33 bits per heavy atom. The van der Waals surface area contributed by atoms with Gasteiger partial charge in [0, 0.05) is 0 Å². The second-order valence-electron chi connectivity index (χ2n) is 2.63. The summed E-state index contributed by atoms with van der Waals surface area (Å²) in [7, 11) is 0. The smallest absolute Gasteiger partial charge is 0.182 e. The van der Waals surface area contributed by atoms with E-state index < -0.39 is 0 Å². The lowest BCUT2D eigenvalue weighted by Crippen LogP contribution is -1.80. The minimum Gasteiger partial charge on any atom is -0.443 e. The Hall–Kier alpha value is -1.02. The molecule has 1 heterocycles. The van der Waals surface area contributed by atoms with Crippen LogP contribution >= 0.6 is 11.6 Å². The van der Waals surface area contributed by atoms with Crippen LogP contribution < -0.4 is 0 Å². The van der Waals surface area contributed by atoms with E-state index >= 15 is 0 Å². The minimum atomic E-state index is 0.665. The van der Waals surface area contributed by atoms with Crippen molar-refractivity contribution in [3.05, 3.63) is 29.1 Å². The first-order chi connectivity index (χ1) is 5.81. The maximum Gasteiger partial charge on any atom is 0.182 e. The van der Waals surface area contributed by atoms with Crippen LogP contribution in [0.4, 0.5) is 0 Å². The molecule has 0 amide bonds. The number of nitrogens with zero attached hydrogens (tertiary/aromatic N) is 1. The molecule has 62 valence electrons. The second kappa shape index (κ2) is 2.79. The molecule has 2 rings (SSSR count). The minimum absolute atomic E-state index is 0.665. The van der Waals surface area contributed by atoms with Gasteiger partial charge in [0.15, 0.2) is 12.0 Å². The summed E-state index contributed by atoms with van der Waals surface area (Å²) in [6, 6.07) is 3.89. The fraction of sp³-hybridized carbons (Fsp3) is 0.222. The van der Waals surface area contributed by atoms with Crippen LogP contribution in [0.15, 0.2) is 22.9 Å². The molecule has 0 saturated heterocycles. The zero-order chi connectivity index (χ0) is 8.55. The molecule has 0 N–H and O–H groups in total. The molecule has 2 aromatic rings. The summed E-state index contributed by atoms with van der Waals surface area (Å²) < 4.78 is 5.15. The third-order valence-electron chi connectivity index (χ3n) is 1.86. The van der Waals surface area contributed by atoms with Crippen molar-refractivity contribution >= 4 is 22.7 Å². The van der Waals surface area contributed by atoms with Gasteiger partial charge in [0.2, 0.25) is 0 Å². The Kier molecular flexibility index (Phi) is 1.77. The molecular weight excluding hydrogens is 174 g/mol. The fourth-order valence-electron chi connectivity index (χ4n) is 1.18. The summed E-state index contributed by atoms with van der Waals surface area (Å²) in [5, 5.41) is 0.665. The van der Waals surface area contributed by atoms with Crippen LogP contribution in [0, 0.1) is 0 Å². The van der Waals surface area contributed by atoms with E-state index in [2.05, 4.69) is 11.9 Å². The van der Waals surface area contributed by atoms with Crippen LogP contribution in [-0.4, -0.2) is 4.98 Å². The van der Waals surface area contributed by atoms with Crippen molar-refractivity contribution in [3.63, 3.8) is 0 Å². The first-order valence-electron chi connectivity index (χ1n) is 3.83. The molecule has 0 unspecified atom stereocenters. The van der Waals surface area contributed by atoms with E-state index in [0.717, 1.165) is 17.5 Å². The number of aromatic nitrogens is 1. The molecule has 12 heavy (non-hydrogen) atoms. The second-order valence-corrected chi connectivity index (χ2v) is 3.04. The van der Waals surface area contributed by atoms with Crippen LogP contribution in [0.25, 0.3) is 11.1 Å². The third kappa shape index (κ3) is 1.08. The van der Waals surface area contributed by atoms with Gasteiger partial charge in [0.05, 0.1) is 5.02 Å². The molecule has 3 heteroatoms. The first-order valence-corrected chi connectivity index (χ1v) is 4.20. The van der Waals surface area contributed by atoms with Gasteiger partial charge in [-0.3, -0.25) is 0 Å². The van der Waals surface area contributed by atoms with E-state index in [1.165, 1.54) is 12.0 Å². The van der Waals surface area contributed by atoms with Crippen LogP contribution in [0.3, 0.4) is 0 Å². The van der Waals surface area contributed by atoms with Gasteiger partial charge in [-0.2, -0.15) is 0 Å². The molecule has 0 bridgehead atoms. The maximum atomic E-state index is 5.96. The normalized spacial score (nSPS) is 10.8. The summed E-state index contributed by atoms with van der Waals surface area (Å²) in [4.78, 5) is 4.00. The van der Waals surface area contributed by atoms with Gasteiger partial charge in [-0.1, -0.05) is 18.5 Å². The van der Waals surface area contributed by atoms with E-state index in [-0.39, 0.29) is 0 Å². The molecule has 0 aliphatic heterocycles. The molecule has 1 aromatic carbocycles. The molecule has 0 fully saturated rings. The van der Waals surface area contributed by atoms with Gasteiger partial charge < -0.3 is 4.42 Å². The number of hydrogen-bond acceptors (Lipinski definition) is 2. The highest BCUT2D eigenvalue weighted by atomic mass is 35.5. The van der Waals surface area contributed by atoms with E-state index in [0.29, 0.717) is 5.02 Å². The van der Waals surface area contributed by atoms with Crippen LogP contribution in [-0.2, 0) is 6.42 Å². The standard InChI is InChI=1S/C9H8ClNO/c1-2-6-3-7(10)9-8(4-6)12-5-11-9/h3-5H,2H2,1H3. The number of halogens is 1. The number of fused-ring (bicyclic) bond motifs is 1. The Morgan fingerprint density at radius 3 is 3.08 bits per heavy atom. The number of hydrogen-bond donors (Lipinski definition) is 0. The first kappa shape index (κ1) is 7.62. The van der Waals surface area contributed by atoms with Gasteiger partial charge >= 0.3 is 0 Å². The van der Waals surface area contributed by atoms with Crippen molar-refractivity contribution in [2.45, 2.75) is 13.3 Å². The van der Waals surface area contributed by atoms with Crippen LogP contribution in [0.5, 0.6) is 0 Å². The Balaban J connectivity index is 2.75. The molecule has 0 spiro atoms. The van der Waals surface area contributed by atoms with Crippen molar-refractivity contribution in [2.24, 2.45) is 0 Å². The molecule has 0 aliphatic carbocycles. The number of benzene rings is 1. The maximum absolute atomic E-state index is 5.96. The molecule has 1 aromatic heterocycles. The molecule has 2 nitrogen and oxygen atoms in total. The lowest BCUT2D eigenvalue weighted by Gasteiger charge is -1.96. The molecule has 0 radical (unpaired) electrons. The van der Waals surface area contributed by atoms with Crippen LogP contribution in [0.2, 0.25) is 5.02 Å². The van der Waals surface area contributed by atoms with E-state index in [4.69, 9.17) is 16.0 Å². The Labute approximate surface area is 75.2 Å². The highest BCUT2D eigenvalue weighted by Gasteiger charge is 2.04. The average molecular weight is 182 g/mol. The van der Waals surface area contributed by atoms with E-state index in [1.54, 1.807) is 0 Å². The predicted molar refractivity (Wildman–Crippen MR) is 48.4 cm³/mol. The van der Waals surface area contributed by atoms with Gasteiger partial charge in [-0.15, -0.1) is 0 Å². The summed E-state index contributed by atoms with van der Waals surface area (Å²) in [6.07, 6.45) is 2.37. The topological polar surface area (TPSA) is 26.0 Å². The summed E-state index contributed by atoms with van der Waals surface area (Å²) in [5.74, 6) is 0. The summed E-state index contributed by atoms with van der Waals surface area (Å²) in [5.41, 5.74) is 2.68. The van der Waals surface area contributed by atoms with Gasteiger partial charge in [-0.25, -0.2) is 4.98 Å². The highest BCUT2D eigenvalue weighted by molar-refractivity contribution is 6.34. The lowest BCUT2D eigenvalue weighted by atomic mass is 10.1. The van der Waals surface area contributed by atoms with Gasteiger partial charge in [0.1, 0.15) is 5.52 Å². The van der Waals surface area contributed by atoms with Crippen molar-refractivity contribution in [3.8, 4) is 0 Å². The van der Waals surface area contributed by atoms with Crippen molar-refractivity contribution in [1.82, 2.24) is 4.98 Å². The Bertz CT molecular complexity index is 408. The molecule has 0 aliphatic rings. The SMILES string of the molecule is CCc1cc(Cl)c2ncoc2c1. The number of aryl methyl sites for hydroxylation is 1. The van der Waals surface area contributed by atoms with Gasteiger partial charge in [-0.05, 0) is 24.1 Å². The highest BCUT2D eigenvalue weighted by Crippen LogP contribution is 2.24.